The molecule has 0 N–H and O–H groups in total. The maximum absolute atomic E-state index is 6.48. The highest BCUT2D eigenvalue weighted by atomic mass is 16.3. The second kappa shape index (κ2) is 23.7. The van der Waals surface area contributed by atoms with Crippen LogP contribution in [0.4, 0.5) is 0 Å². The molecule has 0 aliphatic rings. The molecule has 23 rings (SSSR count). The van der Waals surface area contributed by atoms with Crippen LogP contribution in [0.25, 0.3) is 209 Å². The zero-order chi connectivity index (χ0) is 69.5. The average Bonchev–Trinajstić information content (AvgIpc) is 1.58. The Labute approximate surface area is 608 Å². The zero-order valence-corrected chi connectivity index (χ0v) is 57.4. The Hall–Kier alpha value is -14.2. The summed E-state index contributed by atoms with van der Waals surface area (Å²) in [6.45, 7) is 0. The monoisotopic (exact) mass is 1350 g/mol. The third kappa shape index (κ3) is 9.31. The van der Waals surface area contributed by atoms with Gasteiger partial charge in [0.25, 0.3) is 0 Å². The predicted molar refractivity (Wildman–Crippen MR) is 444 cm³/mol. The first-order valence-electron chi connectivity index (χ1n) is 36.3. The van der Waals surface area contributed by atoms with Crippen molar-refractivity contribution in [3.8, 4) is 67.3 Å². The second-order valence-electron chi connectivity index (χ2n) is 27.9. The topological polar surface area (TPSA) is 46.0 Å². The van der Waals surface area contributed by atoms with Gasteiger partial charge in [0, 0.05) is 92.6 Å². The zero-order valence-electron chi connectivity index (χ0n) is 57.4. The van der Waals surface area contributed by atoms with E-state index in [1.54, 1.807) is 0 Å². The van der Waals surface area contributed by atoms with E-state index in [0.29, 0.717) is 0 Å². The van der Waals surface area contributed by atoms with Gasteiger partial charge in [-0.1, -0.05) is 224 Å². The molecule has 0 spiro atoms. The number of benzene rings is 17. The number of nitrogens with zero attached hydrogens (tertiary/aromatic N) is 4. The number of rotatable bonds is 8. The number of fused-ring (bicyclic) bond motifs is 19. The summed E-state index contributed by atoms with van der Waals surface area (Å²) in [6.07, 6.45) is 0. The Bertz CT molecular complexity index is 7500. The van der Waals surface area contributed by atoms with Gasteiger partial charge < -0.3 is 27.1 Å². The molecule has 106 heavy (non-hydrogen) atoms. The summed E-state index contributed by atoms with van der Waals surface area (Å²) >= 11 is 0. The van der Waals surface area contributed by atoms with Crippen LogP contribution < -0.4 is 0 Å². The molecule has 0 saturated heterocycles. The summed E-state index contributed by atoms with van der Waals surface area (Å²) in [5, 5.41) is 16.9. The van der Waals surface area contributed by atoms with Gasteiger partial charge in [-0.2, -0.15) is 0 Å². The predicted octanol–water partition coefficient (Wildman–Crippen LogP) is 27.4. The molecule has 6 aromatic heterocycles. The van der Waals surface area contributed by atoms with Gasteiger partial charge in [0.2, 0.25) is 0 Å². The maximum Gasteiger partial charge on any atom is 0.143 e. The Morgan fingerprint density at radius 2 is 0.491 bits per heavy atom. The van der Waals surface area contributed by atoms with Crippen LogP contribution in [0, 0.1) is 0 Å². The minimum absolute atomic E-state index is 0.907. The van der Waals surface area contributed by atoms with E-state index in [9.17, 15) is 0 Å². The molecule has 6 nitrogen and oxygen atoms in total. The molecule has 0 unspecified atom stereocenters. The van der Waals surface area contributed by atoms with Crippen LogP contribution in [0.3, 0.4) is 0 Å². The number of para-hydroxylation sites is 8. The van der Waals surface area contributed by atoms with Gasteiger partial charge in [0.05, 0.1) is 49.8 Å². The summed E-state index contributed by atoms with van der Waals surface area (Å²) in [5.74, 6) is 0. The van der Waals surface area contributed by atoms with Crippen molar-refractivity contribution in [3.63, 3.8) is 0 Å². The fourth-order valence-electron chi connectivity index (χ4n) is 17.2. The van der Waals surface area contributed by atoms with Crippen molar-refractivity contribution in [2.75, 3.05) is 0 Å². The Balaban J connectivity index is 0.000000133. The number of aromatic nitrogens is 4. The number of hydrogen-bond acceptors (Lipinski definition) is 2. The average molecular weight is 1350 g/mol. The van der Waals surface area contributed by atoms with Crippen LogP contribution >= 0.6 is 0 Å². The first-order valence-corrected chi connectivity index (χ1v) is 36.3. The number of hydrogen-bond donors (Lipinski definition) is 0. The molecule has 0 bridgehead atoms. The van der Waals surface area contributed by atoms with Crippen LogP contribution in [-0.4, -0.2) is 18.3 Å². The fraction of sp³-hybridized carbons (Fsp3) is 0. The van der Waals surface area contributed by atoms with E-state index in [4.69, 9.17) is 8.83 Å². The van der Waals surface area contributed by atoms with Gasteiger partial charge in [0.1, 0.15) is 22.3 Å². The lowest BCUT2D eigenvalue weighted by Gasteiger charge is -2.12. The lowest BCUT2D eigenvalue weighted by atomic mass is 9.98. The molecule has 17 aromatic carbocycles. The van der Waals surface area contributed by atoms with Gasteiger partial charge in [0.15, 0.2) is 0 Å². The first kappa shape index (κ1) is 59.5. The molecule has 0 aliphatic carbocycles. The van der Waals surface area contributed by atoms with E-state index in [2.05, 4.69) is 370 Å². The summed E-state index contributed by atoms with van der Waals surface area (Å²) in [7, 11) is 0. The lowest BCUT2D eigenvalue weighted by Crippen LogP contribution is -1.95. The molecule has 0 radical (unpaired) electrons. The Kier molecular flexibility index (Phi) is 13.3. The molecule has 0 aliphatic heterocycles. The largest absolute Gasteiger partial charge is 0.456 e. The van der Waals surface area contributed by atoms with Gasteiger partial charge >= 0.3 is 0 Å². The maximum atomic E-state index is 6.48. The van der Waals surface area contributed by atoms with E-state index < -0.39 is 0 Å². The molecule has 23 aromatic rings. The van der Waals surface area contributed by atoms with Gasteiger partial charge in [-0.25, -0.2) is 0 Å². The van der Waals surface area contributed by atoms with Crippen LogP contribution in [0.2, 0.25) is 0 Å². The molecular formula is C100H62N4O2. The van der Waals surface area contributed by atoms with Crippen LogP contribution in [0.5, 0.6) is 0 Å². The quantitative estimate of drug-likeness (QED) is 0.152. The highest BCUT2D eigenvalue weighted by molar-refractivity contribution is 6.18. The SMILES string of the molecule is c1ccc(-n2c3ccc(-c4ccc5c(c4)oc4ccccc45)cc3c3cc(-c4ccc5c(c4)c4ccccc4n5-c4cccc5ccccc45)ccc32)cc1.c1ccc(-n2c3ccccc3c3cc(-c4ccc5c(c4)c4cc(-c6cccc7c6oc6ccccc67)ccc4n5-c4ccccc4)ccc32)cc1. The van der Waals surface area contributed by atoms with E-state index in [1.165, 1.54) is 132 Å². The molecule has 494 valence electrons. The van der Waals surface area contributed by atoms with Crippen LogP contribution in [-0.2, 0) is 0 Å². The molecular weight excluding hydrogens is 1290 g/mol. The minimum atomic E-state index is 0.907. The standard InChI is InChI=1S/C52H32N2O.C48H30N2O/c1-2-13-38(14-3-1)53-48-26-22-35(30-44(48)45-31-36(23-27-49(45)53)37-21-25-42-41-17-7-9-20-51(41)55-52(42)32-37)34-24-28-50-43(29-34)40-16-6-8-18-47(40)54(50)46-19-10-12-33-11-4-5-15-39(33)46;1-3-12-34(13-4-1)49-43-20-9-7-16-37(43)40-28-31(22-25-44(40)49)32-23-26-45-41(29-32)42-30-33(24-27-46(42)50(45)35-14-5-2-6-15-35)36-18-11-19-39-38-17-8-10-21-47(38)51-48(36)39/h1-32H;1-30H. The van der Waals surface area contributed by atoms with E-state index in [1.807, 2.05) is 24.3 Å². The van der Waals surface area contributed by atoms with Crippen LogP contribution in [0.1, 0.15) is 0 Å². The van der Waals surface area contributed by atoms with Crippen molar-refractivity contribution >= 4 is 142 Å². The van der Waals surface area contributed by atoms with Crippen molar-refractivity contribution in [1.29, 1.82) is 0 Å². The third-order valence-electron chi connectivity index (χ3n) is 22.0. The second-order valence-corrected chi connectivity index (χ2v) is 27.9. The summed E-state index contributed by atoms with van der Waals surface area (Å²) in [4.78, 5) is 0. The first-order chi connectivity index (χ1) is 52.6. The summed E-state index contributed by atoms with van der Waals surface area (Å²) < 4.78 is 22.3. The van der Waals surface area contributed by atoms with Crippen molar-refractivity contribution in [2.24, 2.45) is 0 Å². The van der Waals surface area contributed by atoms with Crippen molar-refractivity contribution in [3.05, 3.63) is 376 Å². The summed E-state index contributed by atoms with van der Waals surface area (Å²) in [6, 6.07) is 136. The van der Waals surface area contributed by atoms with E-state index in [-0.39, 0.29) is 0 Å². The Morgan fingerprint density at radius 1 is 0.170 bits per heavy atom. The van der Waals surface area contributed by atoms with Gasteiger partial charge in [-0.05, 0) is 196 Å². The van der Waals surface area contributed by atoms with Gasteiger partial charge in [-0.3, -0.25) is 0 Å². The van der Waals surface area contributed by atoms with Gasteiger partial charge in [-0.15, -0.1) is 0 Å². The summed E-state index contributed by atoms with van der Waals surface area (Å²) in [5.41, 5.74) is 27.2. The van der Waals surface area contributed by atoms with Crippen molar-refractivity contribution < 1.29 is 8.83 Å². The molecule has 0 atom stereocenters. The van der Waals surface area contributed by atoms with E-state index in [0.717, 1.165) is 77.5 Å². The van der Waals surface area contributed by atoms with Crippen molar-refractivity contribution in [2.45, 2.75) is 0 Å². The molecule has 6 heteroatoms. The highest BCUT2D eigenvalue weighted by Gasteiger charge is 2.22. The fourth-order valence-corrected chi connectivity index (χ4v) is 17.2. The molecule has 0 amide bonds. The third-order valence-corrected chi connectivity index (χ3v) is 22.0. The van der Waals surface area contributed by atoms with E-state index >= 15 is 0 Å². The lowest BCUT2D eigenvalue weighted by molar-refractivity contribution is 0.669. The molecule has 0 fully saturated rings. The minimum Gasteiger partial charge on any atom is -0.456 e. The van der Waals surface area contributed by atoms with Crippen molar-refractivity contribution in [1.82, 2.24) is 18.3 Å². The smallest absolute Gasteiger partial charge is 0.143 e. The Morgan fingerprint density at radius 3 is 1.00 bits per heavy atom. The number of furan rings is 2. The molecule has 0 saturated carbocycles. The molecule has 6 heterocycles. The highest BCUT2D eigenvalue weighted by Crippen LogP contribution is 2.45. The normalized spacial score (nSPS) is 12.0. The van der Waals surface area contributed by atoms with Crippen LogP contribution in [0.15, 0.2) is 385 Å².